The minimum Gasteiger partial charge on any atom is -0.297 e. The van der Waals surface area contributed by atoms with Gasteiger partial charge in [-0.3, -0.25) is 4.79 Å². The molecule has 0 saturated heterocycles. The van der Waals surface area contributed by atoms with Gasteiger partial charge in [-0.2, -0.15) is 13.2 Å². The fraction of sp³-hybridized carbons (Fsp3) is 0.571. The van der Waals surface area contributed by atoms with Gasteiger partial charge >= 0.3 is 6.18 Å². The number of pyridine rings is 1. The number of carbonyl (C=O) groups excluding carboxylic acids is 1. The van der Waals surface area contributed by atoms with Gasteiger partial charge in [0.05, 0.1) is 5.56 Å². The number of carbonyl (C=O) groups is 1. The lowest BCUT2D eigenvalue weighted by molar-refractivity contribution is -0.138. The molecule has 1 aromatic heterocycles. The molecule has 124 valence electrons. The summed E-state index contributed by atoms with van der Waals surface area (Å²) in [5.41, 5.74) is -1.96. The van der Waals surface area contributed by atoms with Gasteiger partial charge in [-0.25, -0.2) is 13.4 Å². The number of ketones is 1. The predicted octanol–water partition coefficient (Wildman–Crippen LogP) is 3.27. The van der Waals surface area contributed by atoms with Crippen molar-refractivity contribution >= 4 is 15.6 Å². The average molecular weight is 337 g/mol. The third-order valence-electron chi connectivity index (χ3n) is 3.24. The Balaban J connectivity index is 3.33. The van der Waals surface area contributed by atoms with Crippen LogP contribution in [0.5, 0.6) is 0 Å². The molecule has 0 atom stereocenters. The summed E-state index contributed by atoms with van der Waals surface area (Å²) in [6.45, 7) is 7.19. The van der Waals surface area contributed by atoms with Crippen LogP contribution in [-0.4, -0.2) is 23.9 Å². The molecule has 0 spiro atoms. The van der Waals surface area contributed by atoms with Gasteiger partial charge in [0.2, 0.25) is 9.84 Å². The minimum atomic E-state index is -4.61. The van der Waals surface area contributed by atoms with E-state index >= 15 is 0 Å². The average Bonchev–Trinajstić information content (AvgIpc) is 2.35. The maximum absolute atomic E-state index is 12.5. The van der Waals surface area contributed by atoms with Crippen LogP contribution in [0.2, 0.25) is 0 Å². The highest BCUT2D eigenvalue weighted by atomic mass is 32.2. The molecule has 0 saturated carbocycles. The van der Waals surface area contributed by atoms with E-state index in [0.717, 1.165) is 6.07 Å². The van der Waals surface area contributed by atoms with E-state index < -0.39 is 42.5 Å². The van der Waals surface area contributed by atoms with Crippen LogP contribution in [0, 0.1) is 5.41 Å². The van der Waals surface area contributed by atoms with Gasteiger partial charge in [0.15, 0.2) is 10.8 Å². The first kappa shape index (κ1) is 18.6. The van der Waals surface area contributed by atoms with Crippen molar-refractivity contribution in [3.63, 3.8) is 0 Å². The van der Waals surface area contributed by atoms with E-state index in [1.807, 2.05) is 0 Å². The Morgan fingerprint density at radius 2 is 1.55 bits per heavy atom. The molecule has 4 nitrogen and oxygen atoms in total. The van der Waals surface area contributed by atoms with Gasteiger partial charge in [0, 0.05) is 11.6 Å². The lowest BCUT2D eigenvalue weighted by Gasteiger charge is -2.30. The molecule has 0 fully saturated rings. The topological polar surface area (TPSA) is 64.1 Å². The lowest BCUT2D eigenvalue weighted by Crippen LogP contribution is -2.46. The summed E-state index contributed by atoms with van der Waals surface area (Å²) in [7, 11) is -4.21. The Hall–Kier alpha value is -1.44. The Morgan fingerprint density at radius 1 is 1.05 bits per heavy atom. The zero-order chi connectivity index (χ0) is 17.6. The third kappa shape index (κ3) is 3.31. The second-order valence-corrected chi connectivity index (χ2v) is 8.92. The van der Waals surface area contributed by atoms with Crippen LogP contribution in [0.1, 0.15) is 40.2 Å². The zero-order valence-corrected chi connectivity index (χ0v) is 13.8. The molecular formula is C14H18F3NO3S. The molecule has 0 aliphatic rings. The van der Waals surface area contributed by atoms with Crippen molar-refractivity contribution in [2.75, 3.05) is 0 Å². The largest absolute Gasteiger partial charge is 0.417 e. The molecule has 0 aliphatic carbocycles. The van der Waals surface area contributed by atoms with Gasteiger partial charge in [0.1, 0.15) is 4.75 Å². The Bertz CT molecular complexity index is 669. The van der Waals surface area contributed by atoms with Crippen LogP contribution in [-0.2, 0) is 20.8 Å². The Morgan fingerprint density at radius 3 is 1.86 bits per heavy atom. The van der Waals surface area contributed by atoms with Crippen molar-refractivity contribution in [3.05, 3.63) is 23.9 Å². The zero-order valence-electron chi connectivity index (χ0n) is 12.9. The van der Waals surface area contributed by atoms with Crippen LogP contribution < -0.4 is 0 Å². The van der Waals surface area contributed by atoms with Crippen molar-refractivity contribution in [3.8, 4) is 0 Å². The highest BCUT2D eigenvalue weighted by Gasteiger charge is 2.47. The summed E-state index contributed by atoms with van der Waals surface area (Å²) in [4.78, 5) is 15.7. The van der Waals surface area contributed by atoms with E-state index in [9.17, 15) is 26.4 Å². The molecule has 1 rings (SSSR count). The van der Waals surface area contributed by atoms with Gasteiger partial charge in [0.25, 0.3) is 0 Å². The summed E-state index contributed by atoms with van der Waals surface area (Å²) in [5, 5.41) is -0.553. The highest BCUT2D eigenvalue weighted by Crippen LogP contribution is 2.34. The van der Waals surface area contributed by atoms with Crippen LogP contribution in [0.3, 0.4) is 0 Å². The summed E-state index contributed by atoms with van der Waals surface area (Å²) >= 11 is 0. The van der Waals surface area contributed by atoms with E-state index in [0.29, 0.717) is 12.3 Å². The van der Waals surface area contributed by atoms with Crippen LogP contribution in [0.15, 0.2) is 23.4 Å². The molecule has 1 heterocycles. The van der Waals surface area contributed by atoms with E-state index in [1.54, 1.807) is 20.8 Å². The van der Waals surface area contributed by atoms with Crippen LogP contribution in [0.25, 0.3) is 0 Å². The Kier molecular flexibility index (Phi) is 4.51. The Labute approximate surface area is 127 Å². The van der Waals surface area contributed by atoms with Gasteiger partial charge in [-0.05, 0) is 26.0 Å². The van der Waals surface area contributed by atoms with Gasteiger partial charge in [-0.15, -0.1) is 0 Å². The number of alkyl halides is 3. The number of aromatic nitrogens is 1. The predicted molar refractivity (Wildman–Crippen MR) is 75.0 cm³/mol. The number of halogens is 3. The molecule has 1 aromatic rings. The minimum absolute atomic E-state index is 0.449. The second-order valence-electron chi connectivity index (χ2n) is 6.48. The smallest absolute Gasteiger partial charge is 0.297 e. The van der Waals surface area contributed by atoms with E-state index in [1.165, 1.54) is 13.8 Å². The standard InChI is InChI=1S/C14H18F3NO3S/c1-12(2,3)11(19)13(4,5)22(20,21)10-7-6-9(8-18-10)14(15,16)17/h6-8H,1-5H3. The van der Waals surface area contributed by atoms with Crippen molar-refractivity contribution < 1.29 is 26.4 Å². The first-order chi connectivity index (χ1) is 9.62. The lowest BCUT2D eigenvalue weighted by atomic mass is 9.84. The third-order valence-corrected chi connectivity index (χ3v) is 5.56. The second kappa shape index (κ2) is 5.33. The molecule has 0 N–H and O–H groups in total. The number of sulfone groups is 1. The monoisotopic (exact) mass is 337 g/mol. The maximum atomic E-state index is 12.5. The van der Waals surface area contributed by atoms with Crippen molar-refractivity contribution in [1.29, 1.82) is 0 Å². The number of nitrogens with zero attached hydrogens (tertiary/aromatic N) is 1. The molecule has 0 aromatic carbocycles. The van der Waals surface area contributed by atoms with Crippen LogP contribution >= 0.6 is 0 Å². The van der Waals surface area contributed by atoms with E-state index in [4.69, 9.17) is 0 Å². The normalized spacial score (nSPS) is 14.0. The van der Waals surface area contributed by atoms with Crippen molar-refractivity contribution in [2.24, 2.45) is 5.41 Å². The number of hydrogen-bond donors (Lipinski definition) is 0. The molecule has 8 heteroatoms. The molecule has 0 amide bonds. The number of hydrogen-bond acceptors (Lipinski definition) is 4. The van der Waals surface area contributed by atoms with Gasteiger partial charge < -0.3 is 0 Å². The highest BCUT2D eigenvalue weighted by molar-refractivity contribution is 7.93. The number of rotatable bonds is 3. The molecule has 22 heavy (non-hydrogen) atoms. The van der Waals surface area contributed by atoms with Crippen LogP contribution in [0.4, 0.5) is 13.2 Å². The quantitative estimate of drug-likeness (QED) is 0.849. The fourth-order valence-electron chi connectivity index (χ4n) is 1.99. The van der Waals surface area contributed by atoms with Crippen molar-refractivity contribution in [2.45, 2.75) is 50.6 Å². The molecule has 0 aliphatic heterocycles. The summed E-state index contributed by atoms with van der Waals surface area (Å²) < 4.78 is 60.8. The first-order valence-corrected chi connectivity index (χ1v) is 7.93. The molecule has 0 bridgehead atoms. The SMILES string of the molecule is CC(C)(C)C(=O)C(C)(C)S(=O)(=O)c1ccc(C(F)(F)F)cn1. The summed E-state index contributed by atoms with van der Waals surface area (Å²) in [5.74, 6) is -0.540. The molecule has 0 radical (unpaired) electrons. The van der Waals surface area contributed by atoms with Crippen molar-refractivity contribution in [1.82, 2.24) is 4.98 Å². The van der Waals surface area contributed by atoms with Gasteiger partial charge in [-0.1, -0.05) is 20.8 Å². The number of Topliss-reactive ketones (excluding diaryl/α,β-unsaturated/α-hetero) is 1. The van der Waals surface area contributed by atoms with E-state index in [-0.39, 0.29) is 0 Å². The maximum Gasteiger partial charge on any atom is 0.417 e. The fourth-order valence-corrected chi connectivity index (χ4v) is 3.51. The first-order valence-electron chi connectivity index (χ1n) is 6.44. The summed E-state index contributed by atoms with van der Waals surface area (Å²) in [6, 6.07) is 1.41. The molecular weight excluding hydrogens is 319 g/mol. The van der Waals surface area contributed by atoms with E-state index in [2.05, 4.69) is 4.98 Å². The summed E-state index contributed by atoms with van der Waals surface area (Å²) in [6.07, 6.45) is -4.16. The molecule has 0 unspecified atom stereocenters.